The lowest BCUT2D eigenvalue weighted by Crippen LogP contribution is -2.60. The molecule has 7 amide bonds. The van der Waals surface area contributed by atoms with Crippen LogP contribution in [0.15, 0.2) is 78.3 Å². The minimum Gasteiger partial charge on any atom is -0.370 e. The number of hydrogen-bond donors (Lipinski definition) is 11. The van der Waals surface area contributed by atoms with Gasteiger partial charge in [0.05, 0.1) is 6.33 Å². The summed E-state index contributed by atoms with van der Waals surface area (Å²) in [5, 5.41) is 17.2. The van der Waals surface area contributed by atoms with Crippen LogP contribution in [0.1, 0.15) is 68.7 Å². The second-order valence-corrected chi connectivity index (χ2v) is 15.5. The van der Waals surface area contributed by atoms with E-state index < -0.39 is 77.6 Å². The van der Waals surface area contributed by atoms with Crippen molar-refractivity contribution in [2.24, 2.45) is 22.2 Å². The molecular weight excluding hydrogens is 811 g/mol. The van der Waals surface area contributed by atoms with E-state index in [4.69, 9.17) is 17.2 Å². The monoisotopic (exact) mass is 867 g/mol. The average molecular weight is 868 g/mol. The number of nitrogens with two attached hydrogens (primary N) is 3. The first-order chi connectivity index (χ1) is 30.3. The Balaban J connectivity index is 1.55. The number of guanidine groups is 1. The van der Waals surface area contributed by atoms with Crippen LogP contribution in [0.25, 0.3) is 10.9 Å². The highest BCUT2D eigenvalue weighted by atomic mass is 16.2. The van der Waals surface area contributed by atoms with Gasteiger partial charge in [-0.25, -0.2) is 4.98 Å². The number of aliphatic imine (C=N–C) groups is 1. The third-order valence-electron chi connectivity index (χ3n) is 10.7. The summed E-state index contributed by atoms with van der Waals surface area (Å²) in [4.78, 5) is 112. The van der Waals surface area contributed by atoms with Crippen LogP contribution in [-0.4, -0.2) is 105 Å². The maximum atomic E-state index is 14.4. The Morgan fingerprint density at radius 1 is 0.683 bits per heavy atom. The molecule has 4 aromatic rings. The zero-order valence-corrected chi connectivity index (χ0v) is 35.2. The average Bonchev–Trinajstić information content (AvgIpc) is 3.93. The molecule has 1 saturated heterocycles. The lowest BCUT2D eigenvalue weighted by molar-refractivity contribution is -0.135. The van der Waals surface area contributed by atoms with E-state index in [2.05, 4.69) is 51.8 Å². The first-order valence-corrected chi connectivity index (χ1v) is 21.0. The van der Waals surface area contributed by atoms with Crippen molar-refractivity contribution in [2.45, 2.75) is 107 Å². The molecule has 1 aliphatic heterocycles. The number of nitrogens with zero attached hydrogens (tertiary/aromatic N) is 2. The van der Waals surface area contributed by atoms with Gasteiger partial charge in [-0.15, -0.1) is 0 Å². The number of nitrogens with one attached hydrogen (secondary N) is 8. The number of hydrogen-bond acceptors (Lipinski definition) is 9. The highest BCUT2D eigenvalue weighted by Crippen LogP contribution is 2.20. The van der Waals surface area contributed by atoms with Crippen molar-refractivity contribution in [1.29, 1.82) is 0 Å². The molecule has 63 heavy (non-hydrogen) atoms. The molecule has 6 unspecified atom stereocenters. The quantitative estimate of drug-likeness (QED) is 0.0432. The maximum absolute atomic E-state index is 14.4. The molecule has 20 heteroatoms. The standard InChI is InChI=1S/C43H57N13O7/c1-2-3-13-31-38(59)56-35(21-27-23-47-24-50-27)42(63)54-33(19-25-10-5-4-6-11-25)40(61)53-32(15-9-18-48-43(45)46)39(60)55-34(20-26-22-49-29-14-8-7-12-28(26)29)41(62)52-30(37(44)58)16-17-36(57)51-31/h4-8,10-12,14,22-24,30-35,49H,2-3,9,13,15-21H2,1H3,(H2,44,58)(H,47,50)(H,51,57)(H,52,62)(H,53,61)(H,54,63)(H,55,60)(H,56,59)(H4,45,46,48). The van der Waals surface area contributed by atoms with Crippen LogP contribution in [0.3, 0.4) is 0 Å². The molecule has 6 atom stereocenters. The number of para-hydroxylation sites is 1. The van der Waals surface area contributed by atoms with Gasteiger partial charge in [0.2, 0.25) is 41.4 Å². The minimum absolute atomic E-state index is 0.00153. The summed E-state index contributed by atoms with van der Waals surface area (Å²) in [5.74, 6) is -5.38. The molecule has 1 aliphatic rings. The summed E-state index contributed by atoms with van der Waals surface area (Å²) in [6.45, 7) is 2.02. The van der Waals surface area contributed by atoms with Gasteiger partial charge in [-0.3, -0.25) is 38.6 Å². The summed E-state index contributed by atoms with van der Waals surface area (Å²) in [6, 6.07) is 8.66. The predicted octanol–water partition coefficient (Wildman–Crippen LogP) is -0.649. The molecule has 2 aromatic heterocycles. The number of carbonyl (C=O) groups is 7. The molecular formula is C43H57N13O7. The van der Waals surface area contributed by atoms with Gasteiger partial charge in [-0.1, -0.05) is 68.3 Å². The van der Waals surface area contributed by atoms with Crippen LogP contribution >= 0.6 is 0 Å². The zero-order valence-electron chi connectivity index (χ0n) is 35.2. The summed E-state index contributed by atoms with van der Waals surface area (Å²) < 4.78 is 0. The molecule has 0 spiro atoms. The summed E-state index contributed by atoms with van der Waals surface area (Å²) in [6.07, 6.45) is 5.62. The number of primary amides is 1. The van der Waals surface area contributed by atoms with E-state index in [1.165, 1.54) is 12.5 Å². The Hall–Kier alpha value is -7.25. The Morgan fingerprint density at radius 2 is 1.27 bits per heavy atom. The number of fused-ring (bicyclic) bond motifs is 1. The Bertz CT molecular complexity index is 2220. The lowest BCUT2D eigenvalue weighted by atomic mass is 10.0. The second-order valence-electron chi connectivity index (χ2n) is 15.5. The van der Waals surface area contributed by atoms with Crippen molar-refractivity contribution in [3.63, 3.8) is 0 Å². The van der Waals surface area contributed by atoms with Crippen molar-refractivity contribution >= 4 is 58.2 Å². The van der Waals surface area contributed by atoms with E-state index in [-0.39, 0.29) is 63.9 Å². The van der Waals surface area contributed by atoms with Crippen molar-refractivity contribution in [1.82, 2.24) is 46.9 Å². The fraction of sp³-hybridized carbons (Fsp3) is 0.419. The molecule has 5 rings (SSSR count). The minimum atomic E-state index is -1.35. The fourth-order valence-electron chi connectivity index (χ4n) is 7.25. The second kappa shape index (κ2) is 23.1. The molecule has 2 aromatic carbocycles. The van der Waals surface area contributed by atoms with E-state index in [1.807, 2.05) is 31.2 Å². The van der Waals surface area contributed by atoms with Crippen molar-refractivity contribution in [3.8, 4) is 0 Å². The summed E-state index contributed by atoms with van der Waals surface area (Å²) in [5.41, 5.74) is 19.5. The van der Waals surface area contributed by atoms with Crippen LogP contribution in [0.2, 0.25) is 0 Å². The van der Waals surface area contributed by atoms with Crippen LogP contribution in [0.4, 0.5) is 0 Å². The Morgan fingerprint density at radius 3 is 1.92 bits per heavy atom. The molecule has 14 N–H and O–H groups in total. The number of carbonyl (C=O) groups excluding carboxylic acids is 7. The molecule has 336 valence electrons. The zero-order chi connectivity index (χ0) is 45.3. The fourth-order valence-corrected chi connectivity index (χ4v) is 7.25. The SMILES string of the molecule is CCCCC1NC(=O)CCC(C(N)=O)NC(=O)C(Cc2c[nH]c3ccccc23)NC(=O)C(CCCN=C(N)N)NC(=O)C(Cc2ccccc2)NC(=O)C(Cc2cnc[nH]2)NC1=O. The van der Waals surface area contributed by atoms with Gasteiger partial charge in [-0.2, -0.15) is 0 Å². The van der Waals surface area contributed by atoms with Gasteiger partial charge in [-0.05, 0) is 42.9 Å². The highest BCUT2D eigenvalue weighted by Gasteiger charge is 2.34. The van der Waals surface area contributed by atoms with E-state index >= 15 is 0 Å². The third kappa shape index (κ3) is 14.2. The summed E-state index contributed by atoms with van der Waals surface area (Å²) in [7, 11) is 0. The number of aromatic amines is 2. The molecule has 20 nitrogen and oxygen atoms in total. The lowest BCUT2D eigenvalue weighted by Gasteiger charge is -2.28. The smallest absolute Gasteiger partial charge is 0.243 e. The number of benzene rings is 2. The topological polar surface area (TPSA) is 327 Å². The number of H-pyrrole nitrogens is 2. The van der Waals surface area contributed by atoms with Gasteiger partial charge in [0, 0.05) is 61.2 Å². The molecule has 0 aliphatic carbocycles. The van der Waals surface area contributed by atoms with Crippen molar-refractivity contribution < 1.29 is 33.6 Å². The van der Waals surface area contributed by atoms with Gasteiger partial charge in [0.25, 0.3) is 0 Å². The third-order valence-corrected chi connectivity index (χ3v) is 10.7. The van der Waals surface area contributed by atoms with E-state index in [0.29, 0.717) is 29.7 Å². The number of unbranched alkanes of at least 4 members (excludes halogenated alkanes) is 1. The van der Waals surface area contributed by atoms with Crippen molar-refractivity contribution in [3.05, 3.63) is 90.1 Å². The van der Waals surface area contributed by atoms with Crippen molar-refractivity contribution in [2.75, 3.05) is 6.54 Å². The number of imidazole rings is 1. The summed E-state index contributed by atoms with van der Waals surface area (Å²) >= 11 is 0. The van der Waals surface area contributed by atoms with Gasteiger partial charge in [0.1, 0.15) is 36.3 Å². The molecule has 0 bridgehead atoms. The Kier molecular flexibility index (Phi) is 17.2. The van der Waals surface area contributed by atoms with Gasteiger partial charge >= 0.3 is 0 Å². The van der Waals surface area contributed by atoms with Crippen LogP contribution < -0.4 is 49.1 Å². The normalized spacial score (nSPS) is 22.1. The largest absolute Gasteiger partial charge is 0.370 e. The first-order valence-electron chi connectivity index (χ1n) is 21.0. The molecule has 3 heterocycles. The predicted molar refractivity (Wildman–Crippen MR) is 234 cm³/mol. The Labute approximate surface area is 364 Å². The number of amides is 7. The van der Waals surface area contributed by atoms with Gasteiger partial charge < -0.3 is 59.1 Å². The maximum Gasteiger partial charge on any atom is 0.243 e. The van der Waals surface area contributed by atoms with Gasteiger partial charge in [0.15, 0.2) is 5.96 Å². The number of aromatic nitrogens is 3. The van der Waals surface area contributed by atoms with E-state index in [0.717, 1.165) is 10.9 Å². The van der Waals surface area contributed by atoms with Crippen LogP contribution in [-0.2, 0) is 52.8 Å². The number of rotatable bonds is 14. The highest BCUT2D eigenvalue weighted by molar-refractivity contribution is 5.98. The van der Waals surface area contributed by atoms with Crippen LogP contribution in [0, 0.1) is 0 Å². The molecule has 0 saturated carbocycles. The van der Waals surface area contributed by atoms with E-state index in [9.17, 15) is 33.6 Å². The molecule has 0 radical (unpaired) electrons. The first kappa shape index (κ1) is 46.8. The van der Waals surface area contributed by atoms with Crippen LogP contribution in [0.5, 0.6) is 0 Å². The molecule has 1 fully saturated rings. The van der Waals surface area contributed by atoms with E-state index in [1.54, 1.807) is 36.5 Å².